The Hall–Kier alpha value is 0.200. The van der Waals surface area contributed by atoms with Gasteiger partial charge in [0.1, 0.15) is 11.8 Å². The van der Waals surface area contributed by atoms with Crippen LogP contribution in [0.4, 0.5) is 0 Å². The summed E-state index contributed by atoms with van der Waals surface area (Å²) in [4.78, 5) is 11.2. The van der Waals surface area contributed by atoms with Crippen LogP contribution in [-0.2, 0) is 16.0 Å². The van der Waals surface area contributed by atoms with E-state index >= 15 is 0 Å². The third-order valence-corrected chi connectivity index (χ3v) is 3.68. The number of rotatable bonds is 3. The van der Waals surface area contributed by atoms with Crippen LogP contribution in [0.25, 0.3) is 0 Å². The molecule has 0 bridgehead atoms. The predicted octanol–water partition coefficient (Wildman–Crippen LogP) is 2.70. The lowest BCUT2D eigenvalue weighted by atomic mass is 10.1. The van der Waals surface area contributed by atoms with E-state index in [1.807, 2.05) is 45.2 Å². The van der Waals surface area contributed by atoms with Gasteiger partial charge in [0, 0.05) is 0 Å². The molecule has 0 fully saturated rings. The largest absolute Gasteiger partial charge is 0.506 e. The molecule has 7 heteroatoms. The number of halogens is 3. The Morgan fingerprint density at radius 1 is 1.44 bits per heavy atom. The molecule has 0 saturated heterocycles. The maximum absolute atomic E-state index is 11.2. The van der Waals surface area contributed by atoms with Crippen LogP contribution in [0.2, 0.25) is 0 Å². The lowest BCUT2D eigenvalue weighted by molar-refractivity contribution is -0.142. The monoisotopic (exact) mass is 499 g/mol. The first-order valence-corrected chi connectivity index (χ1v) is 6.61. The van der Waals surface area contributed by atoms with Crippen molar-refractivity contribution in [3.8, 4) is 5.75 Å². The summed E-state index contributed by atoms with van der Waals surface area (Å²) < 4.78 is 6.04. The molecule has 18 heavy (non-hydrogen) atoms. The molecule has 0 saturated carbocycles. The number of phenols is 1. The molecule has 0 aliphatic carbocycles. The van der Waals surface area contributed by atoms with Crippen molar-refractivity contribution in [2.24, 2.45) is 5.73 Å². The van der Waals surface area contributed by atoms with Gasteiger partial charge in [0.2, 0.25) is 0 Å². The summed E-state index contributed by atoms with van der Waals surface area (Å²) in [5.74, 6) is -0.172. The van der Waals surface area contributed by atoms with Gasteiger partial charge in [0.05, 0.1) is 14.3 Å². The highest BCUT2D eigenvalue weighted by Gasteiger charge is 2.15. The van der Waals surface area contributed by atoms with E-state index in [9.17, 15) is 9.90 Å². The van der Waals surface area contributed by atoms with E-state index in [2.05, 4.69) is 4.74 Å². The van der Waals surface area contributed by atoms with Crippen LogP contribution in [-0.4, -0.2) is 24.2 Å². The van der Waals surface area contributed by atoms with Gasteiger partial charge in [-0.15, -0.1) is 12.4 Å². The molecule has 0 aliphatic rings. The van der Waals surface area contributed by atoms with Gasteiger partial charge < -0.3 is 15.6 Å². The summed E-state index contributed by atoms with van der Waals surface area (Å²) in [6.45, 7) is 0. The minimum absolute atomic E-state index is 0. The normalized spacial score (nSPS) is 10.9. The zero-order chi connectivity index (χ0) is 12.3. The van der Waals surface area contributed by atoms with Crippen LogP contribution in [0.15, 0.2) is 12.1 Å². The highest BCUT2D eigenvalue weighted by Crippen LogP contribution is 2.27. The number of ether oxygens (including phenoxy) is 1. The second kappa shape index (κ2) is 9.16. The van der Waals surface area contributed by atoms with E-state index in [-0.39, 0.29) is 25.6 Å². The van der Waals surface area contributed by atoms with Crippen molar-refractivity contribution in [2.45, 2.75) is 19.9 Å². The third kappa shape index (κ3) is 5.45. The Morgan fingerprint density at radius 2 is 1.89 bits per heavy atom. The van der Waals surface area contributed by atoms with Crippen LogP contribution >= 0.6 is 57.6 Å². The zero-order valence-electron chi connectivity index (χ0n) is 8.94. The van der Waals surface area contributed by atoms with Gasteiger partial charge in [-0.25, -0.2) is 0 Å². The predicted molar refractivity (Wildman–Crippen MR) is 91.2 cm³/mol. The molecule has 0 amide bonds. The Bertz CT molecular complexity index is 392. The molecule has 1 unspecified atom stereocenters. The molecule has 0 spiro atoms. The fourth-order valence-electron chi connectivity index (χ4n) is 1.22. The minimum atomic E-state index is -0.666. The van der Waals surface area contributed by atoms with Gasteiger partial charge in [-0.2, -0.15) is 0 Å². The third-order valence-electron chi connectivity index (χ3n) is 2.04. The SMILES string of the molecule is C.COC(=O)C(N)Cc1cc(I)c(O)c(I)c1.Cl. The van der Waals surface area contributed by atoms with E-state index in [1.165, 1.54) is 7.11 Å². The average molecular weight is 500 g/mol. The molecule has 0 radical (unpaired) electrons. The molecule has 1 rings (SSSR count). The lowest BCUT2D eigenvalue weighted by Crippen LogP contribution is -2.33. The smallest absolute Gasteiger partial charge is 0.322 e. The molecule has 3 N–H and O–H groups in total. The Labute approximate surface area is 140 Å². The number of hydrogen-bond donors (Lipinski definition) is 2. The van der Waals surface area contributed by atoms with Crippen LogP contribution < -0.4 is 5.73 Å². The second-order valence-electron chi connectivity index (χ2n) is 3.24. The van der Waals surface area contributed by atoms with Crippen molar-refractivity contribution in [3.63, 3.8) is 0 Å². The van der Waals surface area contributed by atoms with Gasteiger partial charge in [0.25, 0.3) is 0 Å². The average Bonchev–Trinajstić information content (AvgIpc) is 2.24. The molecule has 1 atom stereocenters. The van der Waals surface area contributed by atoms with E-state index in [1.54, 1.807) is 12.1 Å². The van der Waals surface area contributed by atoms with E-state index in [4.69, 9.17) is 5.73 Å². The van der Waals surface area contributed by atoms with E-state index in [0.29, 0.717) is 6.42 Å². The lowest BCUT2D eigenvalue weighted by Gasteiger charge is -2.10. The van der Waals surface area contributed by atoms with Gasteiger partial charge in [-0.05, 0) is 69.3 Å². The van der Waals surface area contributed by atoms with Crippen LogP contribution in [0.3, 0.4) is 0 Å². The molecular weight excluding hydrogens is 483 g/mol. The van der Waals surface area contributed by atoms with Crippen molar-refractivity contribution in [1.29, 1.82) is 0 Å². The Kier molecular flexibility index (Phi) is 10.4. The van der Waals surface area contributed by atoms with Gasteiger partial charge >= 0.3 is 5.97 Å². The van der Waals surface area contributed by atoms with E-state index in [0.717, 1.165) is 12.7 Å². The molecule has 1 aromatic carbocycles. The number of aromatic hydroxyl groups is 1. The van der Waals surface area contributed by atoms with Crippen molar-refractivity contribution in [2.75, 3.05) is 7.11 Å². The molecule has 1 aromatic rings. The molecule has 0 heterocycles. The second-order valence-corrected chi connectivity index (χ2v) is 5.57. The molecular formula is C11H16ClI2NO3. The summed E-state index contributed by atoms with van der Waals surface area (Å²) in [7, 11) is 1.31. The molecule has 0 aromatic heterocycles. The Balaban J connectivity index is 0. The molecule has 0 aliphatic heterocycles. The topological polar surface area (TPSA) is 72.5 Å². The summed E-state index contributed by atoms with van der Waals surface area (Å²) in [6.07, 6.45) is 0.402. The maximum Gasteiger partial charge on any atom is 0.322 e. The van der Waals surface area contributed by atoms with Gasteiger partial charge in [-0.1, -0.05) is 7.43 Å². The number of nitrogens with two attached hydrogens (primary N) is 1. The number of carbonyl (C=O) groups is 1. The van der Waals surface area contributed by atoms with E-state index < -0.39 is 12.0 Å². The van der Waals surface area contributed by atoms with Gasteiger partial charge in [-0.3, -0.25) is 4.79 Å². The molecule has 104 valence electrons. The van der Waals surface area contributed by atoms with Gasteiger partial charge in [0.15, 0.2) is 0 Å². The van der Waals surface area contributed by atoms with Crippen molar-refractivity contribution in [3.05, 3.63) is 24.8 Å². The first-order valence-electron chi connectivity index (χ1n) is 4.46. The zero-order valence-corrected chi connectivity index (χ0v) is 14.1. The summed E-state index contributed by atoms with van der Waals surface area (Å²) >= 11 is 4.07. The highest BCUT2D eigenvalue weighted by molar-refractivity contribution is 14.1. The standard InChI is InChI=1S/C10H11I2NO3.CH4.ClH/c1-16-10(15)8(13)4-5-2-6(11)9(14)7(12)3-5;;/h2-3,8,14H,4,13H2,1H3;1H4;1H. The van der Waals surface area contributed by atoms with Crippen LogP contribution in [0.5, 0.6) is 5.75 Å². The molecule has 4 nitrogen and oxygen atoms in total. The van der Waals surface area contributed by atoms with Crippen LogP contribution in [0, 0.1) is 7.14 Å². The quantitative estimate of drug-likeness (QED) is 0.496. The number of esters is 1. The van der Waals surface area contributed by atoms with Crippen molar-refractivity contribution < 1.29 is 14.6 Å². The van der Waals surface area contributed by atoms with Crippen molar-refractivity contribution >= 4 is 63.6 Å². The Morgan fingerprint density at radius 3 is 2.28 bits per heavy atom. The number of phenolic OH excluding ortho intramolecular Hbond substituents is 1. The first kappa shape index (κ1) is 20.5. The fourth-order valence-corrected chi connectivity index (χ4v) is 3.12. The van der Waals surface area contributed by atoms with Crippen LogP contribution in [0.1, 0.15) is 13.0 Å². The maximum atomic E-state index is 11.2. The number of hydrogen-bond acceptors (Lipinski definition) is 4. The summed E-state index contributed by atoms with van der Waals surface area (Å²) in [5, 5.41) is 9.58. The summed E-state index contributed by atoms with van der Waals surface area (Å²) in [5.41, 5.74) is 6.56. The highest BCUT2D eigenvalue weighted by atomic mass is 127. The number of methoxy groups -OCH3 is 1. The number of carbonyl (C=O) groups excluding carboxylic acids is 1. The minimum Gasteiger partial charge on any atom is -0.506 e. The number of benzene rings is 1. The van der Waals surface area contributed by atoms with Crippen molar-refractivity contribution in [1.82, 2.24) is 0 Å². The summed E-state index contributed by atoms with van der Waals surface area (Å²) in [6, 6.07) is 2.95. The fraction of sp³-hybridized carbons (Fsp3) is 0.364. The first-order chi connectivity index (χ1) is 7.45.